The number of aliphatic hydroxyl groups excluding tert-OH is 1. The van der Waals surface area contributed by atoms with Gasteiger partial charge in [0.05, 0.1) is 0 Å². The molecule has 1 saturated carbocycles. The van der Waals surface area contributed by atoms with E-state index in [1.54, 1.807) is 6.92 Å². The summed E-state index contributed by atoms with van der Waals surface area (Å²) in [5.41, 5.74) is -0.878. The Morgan fingerprint density at radius 2 is 2.08 bits per heavy atom. The van der Waals surface area contributed by atoms with Crippen molar-refractivity contribution in [2.24, 2.45) is 5.92 Å². The van der Waals surface area contributed by atoms with Crippen LogP contribution in [0.25, 0.3) is 0 Å². The Morgan fingerprint density at radius 3 is 2.58 bits per heavy atom. The topological polar surface area (TPSA) is 40.5 Å². The predicted octanol–water partition coefficient (Wildman–Crippen LogP) is 0.147. The normalized spacial score (nSPS) is 32.1. The van der Waals surface area contributed by atoms with Crippen LogP contribution in [0.1, 0.15) is 19.8 Å². The molecule has 2 heteroatoms. The summed E-state index contributed by atoms with van der Waals surface area (Å²) in [5, 5.41) is 18.3. The van der Waals surface area contributed by atoms with Crippen LogP contribution >= 0.6 is 0 Å². The van der Waals surface area contributed by atoms with Crippen LogP contribution in [0.15, 0.2) is 0 Å². The van der Waals surface area contributed by atoms with E-state index < -0.39 is 5.60 Å². The van der Waals surface area contributed by atoms with Crippen molar-refractivity contribution in [1.82, 2.24) is 0 Å². The highest BCUT2D eigenvalue weighted by molar-refractivity contribution is 5.31. The van der Waals surface area contributed by atoms with E-state index in [9.17, 15) is 5.11 Å². The van der Waals surface area contributed by atoms with Crippen molar-refractivity contribution in [2.75, 3.05) is 6.61 Å². The van der Waals surface area contributed by atoms with Gasteiger partial charge in [0.2, 0.25) is 0 Å². The minimum absolute atomic E-state index is 0.142. The van der Waals surface area contributed by atoms with Crippen molar-refractivity contribution in [3.63, 3.8) is 0 Å². The quantitative estimate of drug-likeness (QED) is 0.541. The van der Waals surface area contributed by atoms with Gasteiger partial charge in [-0.15, -0.1) is 0 Å². The lowest BCUT2D eigenvalue weighted by Gasteiger charge is -2.38. The molecule has 1 aliphatic carbocycles. The number of rotatable bonds is 1. The molecule has 0 aromatic carbocycles. The molecule has 0 aromatic rings. The van der Waals surface area contributed by atoms with Gasteiger partial charge in [-0.1, -0.05) is 11.8 Å². The van der Waals surface area contributed by atoms with Gasteiger partial charge in [-0.05, 0) is 37.5 Å². The monoisotopic (exact) mass is 164 g/mol. The van der Waals surface area contributed by atoms with Crippen LogP contribution in [-0.2, 0) is 0 Å². The Balaban J connectivity index is 2.44. The molecule has 0 saturated heterocycles. The molecule has 1 rings (SSSR count). The Labute approximate surface area is 72.6 Å². The average Bonchev–Trinajstić information content (AvgIpc) is 2.00. The smallest absolute Gasteiger partial charge is 0.127 e. The second-order valence-corrected chi connectivity index (χ2v) is 3.11. The number of hydrogen-bond acceptors (Lipinski definition) is 2. The molecule has 2 N–H and O–H groups in total. The van der Waals surface area contributed by atoms with Crippen molar-refractivity contribution >= 4 is 0 Å². The zero-order valence-corrected chi connectivity index (χ0v) is 7.09. The highest BCUT2D eigenvalue weighted by Crippen LogP contribution is 2.36. The molecule has 1 aliphatic rings. The third-order valence-electron chi connectivity index (χ3n) is 1.99. The van der Waals surface area contributed by atoms with Crippen molar-refractivity contribution in [3.05, 3.63) is 0 Å². The summed E-state index contributed by atoms with van der Waals surface area (Å²) >= 11 is 0. The average molecular weight is 164 g/mol. The summed E-state index contributed by atoms with van der Waals surface area (Å²) in [6.45, 7) is 1.85. The van der Waals surface area contributed by atoms with Gasteiger partial charge in [-0.3, -0.25) is 0 Å². The molecule has 0 heterocycles. The molecule has 2 nitrogen and oxygen atoms in total. The van der Waals surface area contributed by atoms with Gasteiger partial charge in [-0.25, -0.2) is 0 Å². The maximum absolute atomic E-state index is 9.59. The molecule has 0 amide bonds. The highest BCUT2D eigenvalue weighted by Gasteiger charge is 2.40. The number of hydrogen-bond donors (Lipinski definition) is 2. The van der Waals surface area contributed by atoms with E-state index in [1.165, 1.54) is 0 Å². The maximum atomic E-state index is 9.59. The van der Waals surface area contributed by atoms with E-state index in [1.807, 2.05) is 0 Å². The minimum atomic E-state index is -0.878. The first-order valence-corrected chi connectivity index (χ1v) is 3.97. The van der Waals surface area contributed by atoms with Gasteiger partial charge in [-0.2, -0.15) is 0 Å². The Bertz CT molecular complexity index is 266. The summed E-state index contributed by atoms with van der Waals surface area (Å²) in [5.74, 6) is 10.7. The lowest BCUT2D eigenvalue weighted by molar-refractivity contribution is -0.0409. The third-order valence-corrected chi connectivity index (χ3v) is 1.99. The fourth-order valence-electron chi connectivity index (χ4n) is 1.34. The van der Waals surface area contributed by atoms with Gasteiger partial charge >= 0.3 is 0 Å². The fraction of sp³-hybridized carbons (Fsp3) is 0.600. The van der Waals surface area contributed by atoms with E-state index in [0.29, 0.717) is 12.8 Å². The lowest BCUT2D eigenvalue weighted by Crippen LogP contribution is -2.43. The standard InChI is InChI=1S/C10H12O2/c1-2-3-4-5-10(12)6-9(7-10)8-11/h9,11-12H,6-8H2,1H3/t9-,10+. The van der Waals surface area contributed by atoms with Crippen molar-refractivity contribution in [3.8, 4) is 23.7 Å². The largest absolute Gasteiger partial charge is 0.396 e. The summed E-state index contributed by atoms with van der Waals surface area (Å²) in [4.78, 5) is 0. The Kier molecular flexibility index (Phi) is 2.76. The molecule has 0 atom stereocenters. The number of aliphatic hydroxyl groups is 2. The second-order valence-electron chi connectivity index (χ2n) is 3.11. The van der Waals surface area contributed by atoms with Crippen molar-refractivity contribution in [2.45, 2.75) is 25.4 Å². The Hall–Kier alpha value is -0.960. The van der Waals surface area contributed by atoms with Crippen LogP contribution in [-0.4, -0.2) is 22.4 Å². The third kappa shape index (κ3) is 2.01. The summed E-state index contributed by atoms with van der Waals surface area (Å²) in [6, 6.07) is 0. The molecular weight excluding hydrogens is 152 g/mol. The van der Waals surface area contributed by atoms with Gasteiger partial charge in [0.1, 0.15) is 5.60 Å². The molecule has 0 aromatic heterocycles. The molecule has 64 valence electrons. The van der Waals surface area contributed by atoms with Crippen molar-refractivity contribution in [1.29, 1.82) is 0 Å². The molecule has 12 heavy (non-hydrogen) atoms. The van der Waals surface area contributed by atoms with Gasteiger partial charge < -0.3 is 10.2 Å². The SMILES string of the molecule is CC#CC#C[C@]1(O)C[C@@H](CO)C1. The molecular formula is C10H12O2. The summed E-state index contributed by atoms with van der Waals surface area (Å²) in [6.07, 6.45) is 1.14. The van der Waals surface area contributed by atoms with Gasteiger partial charge in [0.15, 0.2) is 0 Å². The zero-order valence-electron chi connectivity index (χ0n) is 7.09. The van der Waals surface area contributed by atoms with Crippen LogP contribution in [0.3, 0.4) is 0 Å². The first-order chi connectivity index (χ1) is 5.70. The molecule has 0 unspecified atom stereocenters. The molecule has 0 aliphatic heterocycles. The lowest BCUT2D eigenvalue weighted by atomic mass is 9.72. The van der Waals surface area contributed by atoms with E-state index in [4.69, 9.17) is 5.11 Å². The first-order valence-electron chi connectivity index (χ1n) is 3.97. The van der Waals surface area contributed by atoms with Crippen LogP contribution in [0.2, 0.25) is 0 Å². The van der Waals surface area contributed by atoms with Gasteiger partial charge in [0, 0.05) is 6.61 Å². The zero-order chi connectivity index (χ0) is 9.03. The predicted molar refractivity (Wildman–Crippen MR) is 46.0 cm³/mol. The fourth-order valence-corrected chi connectivity index (χ4v) is 1.34. The molecule has 0 bridgehead atoms. The Morgan fingerprint density at radius 1 is 1.42 bits per heavy atom. The highest BCUT2D eigenvalue weighted by atomic mass is 16.3. The minimum Gasteiger partial charge on any atom is -0.396 e. The maximum Gasteiger partial charge on any atom is 0.127 e. The van der Waals surface area contributed by atoms with E-state index in [2.05, 4.69) is 23.7 Å². The van der Waals surface area contributed by atoms with E-state index in [-0.39, 0.29) is 12.5 Å². The van der Waals surface area contributed by atoms with Crippen LogP contribution in [0.5, 0.6) is 0 Å². The molecule has 1 fully saturated rings. The van der Waals surface area contributed by atoms with E-state index >= 15 is 0 Å². The van der Waals surface area contributed by atoms with Gasteiger partial charge in [0.25, 0.3) is 0 Å². The summed E-state index contributed by atoms with van der Waals surface area (Å²) < 4.78 is 0. The van der Waals surface area contributed by atoms with Crippen LogP contribution in [0, 0.1) is 29.6 Å². The van der Waals surface area contributed by atoms with Crippen LogP contribution in [0.4, 0.5) is 0 Å². The first kappa shape index (κ1) is 9.13. The second kappa shape index (κ2) is 3.63. The van der Waals surface area contributed by atoms with Crippen molar-refractivity contribution < 1.29 is 10.2 Å². The molecule has 0 radical (unpaired) electrons. The van der Waals surface area contributed by atoms with E-state index in [0.717, 1.165) is 0 Å². The molecule has 0 spiro atoms. The summed E-state index contributed by atoms with van der Waals surface area (Å²) in [7, 11) is 0. The van der Waals surface area contributed by atoms with Crippen LogP contribution < -0.4 is 0 Å².